The summed E-state index contributed by atoms with van der Waals surface area (Å²) in [6.45, 7) is 4.43. The number of aliphatic carboxylic acids is 2. The van der Waals surface area contributed by atoms with Crippen LogP contribution in [0.3, 0.4) is 0 Å². The Balaban J connectivity index is 1.47. The van der Waals surface area contributed by atoms with Crippen LogP contribution >= 0.6 is 23.3 Å². The maximum Gasteiger partial charge on any atom is 0.352 e. The molecule has 4 heterocycles. The number of nitrogens with one attached hydrogen (secondary N) is 3. The highest BCUT2D eigenvalue weighted by Crippen LogP contribution is 2.40. The summed E-state index contributed by atoms with van der Waals surface area (Å²) in [7, 11) is 1.90. The quantitative estimate of drug-likeness (QED) is 0.0505. The lowest BCUT2D eigenvalue weighted by atomic mass is 10.0. The average Bonchev–Trinajstić information content (AvgIpc) is 3.40. The van der Waals surface area contributed by atoms with Crippen LogP contribution in [0.15, 0.2) is 41.0 Å². The number of anilines is 2. The molecule has 43 heavy (non-hydrogen) atoms. The Kier molecular flexibility index (Phi) is 9.82. The molecule has 2 aromatic rings. The minimum Gasteiger partial charge on any atom is -0.478 e. The molecule has 18 heteroatoms. The second-order valence-electron chi connectivity index (χ2n) is 10.1. The number of fused-ring (bicyclic) bond motifs is 1. The number of carbonyl (C=O) groups excluding carboxylic acids is 2. The molecule has 1 saturated heterocycles. The number of nitrogen functional groups attached to an aromatic ring is 1. The van der Waals surface area contributed by atoms with Gasteiger partial charge in [-0.3, -0.25) is 14.5 Å². The van der Waals surface area contributed by atoms with Crippen LogP contribution in [-0.2, 0) is 30.6 Å². The van der Waals surface area contributed by atoms with Crippen molar-refractivity contribution in [2.24, 2.45) is 5.16 Å². The van der Waals surface area contributed by atoms with Crippen molar-refractivity contribution in [3.8, 4) is 0 Å². The maximum atomic E-state index is 13.2. The number of hydrogen-bond donors (Lipinski definition) is 6. The van der Waals surface area contributed by atoms with E-state index in [1.165, 1.54) is 25.6 Å². The number of thioether (sulfide) groups is 1. The van der Waals surface area contributed by atoms with E-state index in [0.29, 0.717) is 11.3 Å². The predicted octanol–water partition coefficient (Wildman–Crippen LogP) is -0.548. The average molecular weight is 635 g/mol. The van der Waals surface area contributed by atoms with Crippen LogP contribution in [0.4, 0.5) is 10.8 Å². The lowest BCUT2D eigenvalue weighted by Gasteiger charge is -2.49. The first-order chi connectivity index (χ1) is 20.4. The van der Waals surface area contributed by atoms with Crippen LogP contribution in [0.1, 0.15) is 26.1 Å². The van der Waals surface area contributed by atoms with Gasteiger partial charge in [0, 0.05) is 47.2 Å². The monoisotopic (exact) mass is 634 g/mol. The van der Waals surface area contributed by atoms with Gasteiger partial charge in [0.25, 0.3) is 11.8 Å². The van der Waals surface area contributed by atoms with Gasteiger partial charge in [-0.1, -0.05) is 5.16 Å². The molecule has 2 amide bonds. The molecule has 0 bridgehead atoms. The highest BCUT2D eigenvalue weighted by Gasteiger charge is 2.55. The topological polar surface area (TPSA) is 225 Å². The van der Waals surface area contributed by atoms with Gasteiger partial charge in [0.05, 0.1) is 0 Å². The zero-order chi connectivity index (χ0) is 31.3. The van der Waals surface area contributed by atoms with E-state index >= 15 is 0 Å². The summed E-state index contributed by atoms with van der Waals surface area (Å²) in [5.41, 5.74) is 4.71. The summed E-state index contributed by atoms with van der Waals surface area (Å²) < 4.78 is 5.77. The van der Waals surface area contributed by atoms with Gasteiger partial charge >= 0.3 is 11.9 Å². The molecule has 0 spiro atoms. The fourth-order valence-corrected chi connectivity index (χ4v) is 5.90. The highest BCUT2D eigenvalue weighted by atomic mass is 32.2. The maximum absolute atomic E-state index is 13.2. The number of aromatic nitrogens is 3. The predicted molar refractivity (Wildman–Crippen MR) is 157 cm³/mol. The van der Waals surface area contributed by atoms with E-state index < -0.39 is 46.5 Å². The van der Waals surface area contributed by atoms with Crippen molar-refractivity contribution in [2.45, 2.75) is 43.8 Å². The first-order valence-corrected chi connectivity index (χ1v) is 14.9. The first-order valence-electron chi connectivity index (χ1n) is 13.1. The summed E-state index contributed by atoms with van der Waals surface area (Å²) in [5, 5.41) is 31.3. The van der Waals surface area contributed by atoms with E-state index in [4.69, 9.17) is 10.6 Å². The Bertz CT molecular complexity index is 1460. The van der Waals surface area contributed by atoms with Crippen molar-refractivity contribution in [3.63, 3.8) is 0 Å². The van der Waals surface area contributed by atoms with Gasteiger partial charge in [-0.05, 0) is 33.9 Å². The normalized spacial score (nSPS) is 18.5. The summed E-state index contributed by atoms with van der Waals surface area (Å²) >= 11 is 2.09. The number of β-lactam (4-membered cyclic amide) rings is 1. The van der Waals surface area contributed by atoms with Crippen molar-refractivity contribution >= 4 is 63.6 Å². The summed E-state index contributed by atoms with van der Waals surface area (Å²) in [6.07, 6.45) is 4.63. The van der Waals surface area contributed by atoms with Crippen LogP contribution in [-0.4, -0.2) is 96.8 Å². The van der Waals surface area contributed by atoms with Crippen LogP contribution in [0.25, 0.3) is 0 Å². The second-order valence-corrected chi connectivity index (χ2v) is 12.0. The van der Waals surface area contributed by atoms with E-state index in [2.05, 4.69) is 30.5 Å². The number of oxime groups is 1. The van der Waals surface area contributed by atoms with E-state index in [1.807, 2.05) is 36.1 Å². The Morgan fingerprint density at radius 3 is 2.58 bits per heavy atom. The summed E-state index contributed by atoms with van der Waals surface area (Å²) in [6, 6.07) is 2.71. The summed E-state index contributed by atoms with van der Waals surface area (Å²) in [5.74, 6) is -4.04. The Morgan fingerprint density at radius 2 is 1.98 bits per heavy atom. The SMILES string of the molecule is CNCCCNc1cc[n+](CC2=C(C(=O)O)N3C(=O)C(NC(=O)/C(=N\OC(C)(C)C(=O)O)c4nsc(N)n4)C3SC2)cc1. The minimum atomic E-state index is -1.78. The van der Waals surface area contributed by atoms with Gasteiger partial charge < -0.3 is 36.7 Å². The van der Waals surface area contributed by atoms with Gasteiger partial charge in [-0.15, -0.1) is 11.8 Å². The molecule has 1 fully saturated rings. The highest BCUT2D eigenvalue weighted by molar-refractivity contribution is 8.00. The number of carbonyl (C=O) groups is 4. The molecule has 2 aromatic heterocycles. The van der Waals surface area contributed by atoms with Crippen LogP contribution in [0, 0.1) is 0 Å². The van der Waals surface area contributed by atoms with E-state index in [9.17, 15) is 29.4 Å². The van der Waals surface area contributed by atoms with E-state index in [0.717, 1.165) is 41.6 Å². The van der Waals surface area contributed by atoms with Gasteiger partial charge in [0.1, 0.15) is 17.1 Å². The zero-order valence-electron chi connectivity index (χ0n) is 23.6. The van der Waals surface area contributed by atoms with Crippen molar-refractivity contribution < 1.29 is 38.8 Å². The molecule has 0 aliphatic carbocycles. The molecule has 7 N–H and O–H groups in total. The molecule has 4 rings (SSSR count). The van der Waals surface area contributed by atoms with Crippen LogP contribution in [0.5, 0.6) is 0 Å². The number of hydrogen-bond acceptors (Lipinski definition) is 13. The number of carboxylic acid groups (broad SMARTS) is 2. The molecule has 16 nitrogen and oxygen atoms in total. The van der Waals surface area contributed by atoms with Crippen molar-refractivity contribution in [1.29, 1.82) is 0 Å². The van der Waals surface area contributed by atoms with Gasteiger partial charge in [0.2, 0.25) is 17.1 Å². The van der Waals surface area contributed by atoms with E-state index in [-0.39, 0.29) is 23.2 Å². The smallest absolute Gasteiger partial charge is 0.352 e. The molecular formula is C25H32N9O7S2+. The number of nitrogens with zero attached hydrogens (tertiary/aromatic N) is 5. The van der Waals surface area contributed by atoms with Crippen LogP contribution < -0.4 is 26.3 Å². The molecule has 0 saturated carbocycles. The largest absolute Gasteiger partial charge is 0.478 e. The first kappa shape index (κ1) is 31.6. The van der Waals surface area contributed by atoms with Gasteiger partial charge in [-0.25, -0.2) is 14.2 Å². The number of rotatable bonds is 14. The molecule has 0 aromatic carbocycles. The second kappa shape index (κ2) is 13.3. The molecule has 2 aliphatic rings. The Labute approximate surface area is 254 Å². The molecule has 2 unspecified atom stereocenters. The number of amides is 2. The summed E-state index contributed by atoms with van der Waals surface area (Å²) in [4.78, 5) is 60.3. The number of nitrogens with two attached hydrogens (primary N) is 1. The lowest BCUT2D eigenvalue weighted by molar-refractivity contribution is -0.688. The lowest BCUT2D eigenvalue weighted by Crippen LogP contribution is -2.71. The molecule has 230 valence electrons. The van der Waals surface area contributed by atoms with Crippen molar-refractivity contribution in [1.82, 2.24) is 24.9 Å². The van der Waals surface area contributed by atoms with E-state index in [1.54, 1.807) is 0 Å². The zero-order valence-corrected chi connectivity index (χ0v) is 25.2. The van der Waals surface area contributed by atoms with Crippen molar-refractivity contribution in [2.75, 3.05) is 36.9 Å². The van der Waals surface area contributed by atoms with Gasteiger partial charge in [-0.2, -0.15) is 9.36 Å². The third-order valence-electron chi connectivity index (χ3n) is 6.48. The number of pyridine rings is 1. The molecule has 0 radical (unpaired) electrons. The Hall–Kier alpha value is -4.29. The van der Waals surface area contributed by atoms with Gasteiger partial charge in [0.15, 0.2) is 24.1 Å². The minimum absolute atomic E-state index is 0.0267. The third-order valence-corrected chi connectivity index (χ3v) is 8.36. The fraction of sp³-hybridized carbons (Fsp3) is 0.440. The third kappa shape index (κ3) is 7.20. The van der Waals surface area contributed by atoms with Crippen LogP contribution in [0.2, 0.25) is 0 Å². The molecular weight excluding hydrogens is 602 g/mol. The standard InChI is InChI=1S/C25H31N9O7S2/c1-25(2,23(39)40)41-31-15(18-30-24(26)43-32-18)19(35)29-16-20(36)34-17(22(37)38)13(12-42-21(16)34)11-33-9-5-14(6-10-33)28-8-4-7-27-3/h5-6,9-10,16,21,27H,4,7-8,11-12H2,1-3H3,(H5,26,29,30,32,35,37,38,39,40)/p+1/b31-15-. The number of carboxylic acids is 2. The molecule has 2 aliphatic heterocycles. The Morgan fingerprint density at radius 1 is 1.26 bits per heavy atom. The van der Waals surface area contributed by atoms with Crippen molar-refractivity contribution in [3.05, 3.63) is 41.6 Å². The fourth-order valence-electron chi connectivity index (χ4n) is 4.13. The molecule has 2 atom stereocenters.